The minimum Gasteiger partial charge on any atom is -0.497 e. The van der Waals surface area contributed by atoms with Crippen LogP contribution in [-0.4, -0.2) is 25.8 Å². The number of hydrogen-bond donors (Lipinski definition) is 2. The fourth-order valence-corrected chi connectivity index (χ4v) is 2.04. The van der Waals surface area contributed by atoms with E-state index in [9.17, 15) is 4.79 Å². The molecule has 0 aliphatic rings. The van der Waals surface area contributed by atoms with Crippen LogP contribution in [0.3, 0.4) is 0 Å². The molecular weight excluding hydrogens is 326 g/mol. The molecule has 0 fully saturated rings. The second-order valence-corrected chi connectivity index (χ2v) is 5.26. The average molecular weight is 344 g/mol. The van der Waals surface area contributed by atoms with Crippen molar-refractivity contribution in [1.29, 1.82) is 0 Å². The number of ether oxygens (including phenoxy) is 1. The molecule has 2 rings (SSSR count). The maximum absolute atomic E-state index is 11.7. The summed E-state index contributed by atoms with van der Waals surface area (Å²) in [7, 11) is 1.59. The summed E-state index contributed by atoms with van der Waals surface area (Å²) in [5, 5.41) is 7.23. The van der Waals surface area contributed by atoms with Crippen molar-refractivity contribution in [3.8, 4) is 5.75 Å². The maximum Gasteiger partial charge on any atom is 0.259 e. The Morgan fingerprint density at radius 2 is 2.00 bits per heavy atom. The van der Waals surface area contributed by atoms with E-state index in [0.717, 1.165) is 17.0 Å². The number of methoxy groups -OCH3 is 1. The standard InChI is InChI=1S/C18H18ClN3O2/c1-24-17-9-5-8-16(11-17)20-13-18(23)22-21-12-15(19)10-14-6-3-2-4-7-14/h2-12,20H,13H2,1H3,(H,22,23)/b15-10-,21-12-. The number of allylic oxidation sites excluding steroid dienone is 1. The van der Waals surface area contributed by atoms with Crippen LogP contribution in [0.25, 0.3) is 6.08 Å². The van der Waals surface area contributed by atoms with E-state index in [4.69, 9.17) is 16.3 Å². The fourth-order valence-electron chi connectivity index (χ4n) is 1.87. The molecule has 0 heterocycles. The van der Waals surface area contributed by atoms with E-state index in [1.54, 1.807) is 19.3 Å². The first-order valence-corrected chi connectivity index (χ1v) is 7.67. The van der Waals surface area contributed by atoms with Crippen molar-refractivity contribution >= 4 is 35.5 Å². The lowest BCUT2D eigenvalue weighted by Gasteiger charge is -2.06. The van der Waals surface area contributed by atoms with Crippen LogP contribution in [0.2, 0.25) is 0 Å². The van der Waals surface area contributed by atoms with Crippen LogP contribution in [0, 0.1) is 0 Å². The first-order valence-electron chi connectivity index (χ1n) is 7.29. The lowest BCUT2D eigenvalue weighted by molar-refractivity contribution is -0.119. The summed E-state index contributed by atoms with van der Waals surface area (Å²) >= 11 is 6.04. The molecule has 5 nitrogen and oxygen atoms in total. The van der Waals surface area contributed by atoms with Gasteiger partial charge < -0.3 is 10.1 Å². The Hall–Kier alpha value is -2.79. The Morgan fingerprint density at radius 1 is 1.21 bits per heavy atom. The minimum atomic E-state index is -0.279. The largest absolute Gasteiger partial charge is 0.497 e. The summed E-state index contributed by atoms with van der Waals surface area (Å²) in [6.07, 6.45) is 3.14. The molecule has 0 radical (unpaired) electrons. The van der Waals surface area contributed by atoms with Gasteiger partial charge >= 0.3 is 0 Å². The Bertz CT molecular complexity index is 730. The van der Waals surface area contributed by atoms with Gasteiger partial charge in [-0.1, -0.05) is 48.0 Å². The van der Waals surface area contributed by atoms with Crippen molar-refractivity contribution in [2.45, 2.75) is 0 Å². The van der Waals surface area contributed by atoms with Crippen molar-refractivity contribution in [3.05, 3.63) is 65.2 Å². The van der Waals surface area contributed by atoms with Gasteiger partial charge in [-0.05, 0) is 23.8 Å². The number of nitrogens with zero attached hydrogens (tertiary/aromatic N) is 1. The predicted molar refractivity (Wildman–Crippen MR) is 98.4 cm³/mol. The van der Waals surface area contributed by atoms with Crippen molar-refractivity contribution in [3.63, 3.8) is 0 Å². The van der Waals surface area contributed by atoms with Crippen LogP contribution in [-0.2, 0) is 4.79 Å². The Kier molecular flexibility index (Phi) is 6.86. The molecular formula is C18H18ClN3O2. The van der Waals surface area contributed by atoms with E-state index in [1.807, 2.05) is 48.5 Å². The van der Waals surface area contributed by atoms with E-state index in [0.29, 0.717) is 5.03 Å². The van der Waals surface area contributed by atoms with Crippen LogP contribution in [0.4, 0.5) is 5.69 Å². The van der Waals surface area contributed by atoms with Gasteiger partial charge in [0.2, 0.25) is 0 Å². The lowest BCUT2D eigenvalue weighted by Crippen LogP contribution is -2.25. The zero-order valence-corrected chi connectivity index (χ0v) is 14.0. The lowest BCUT2D eigenvalue weighted by atomic mass is 10.2. The summed E-state index contributed by atoms with van der Waals surface area (Å²) in [6, 6.07) is 16.9. The van der Waals surface area contributed by atoms with Gasteiger partial charge in [-0.2, -0.15) is 5.10 Å². The quantitative estimate of drug-likeness (QED) is 0.597. The molecule has 0 saturated heterocycles. The highest BCUT2D eigenvalue weighted by Crippen LogP contribution is 2.16. The van der Waals surface area contributed by atoms with Gasteiger partial charge in [0.15, 0.2) is 0 Å². The first-order chi connectivity index (χ1) is 11.7. The monoisotopic (exact) mass is 343 g/mol. The summed E-state index contributed by atoms with van der Waals surface area (Å²) in [5.74, 6) is 0.439. The molecule has 0 spiro atoms. The van der Waals surface area contributed by atoms with Crippen LogP contribution in [0.15, 0.2) is 64.7 Å². The highest BCUT2D eigenvalue weighted by atomic mass is 35.5. The van der Waals surface area contributed by atoms with Crippen molar-refractivity contribution in [2.75, 3.05) is 19.0 Å². The van der Waals surface area contributed by atoms with Gasteiger partial charge in [0.25, 0.3) is 5.91 Å². The number of benzene rings is 2. The molecule has 0 bridgehead atoms. The molecule has 0 aliphatic heterocycles. The molecule has 0 saturated carbocycles. The summed E-state index contributed by atoms with van der Waals surface area (Å²) < 4.78 is 5.12. The number of amides is 1. The van der Waals surface area contributed by atoms with Gasteiger partial charge in [-0.15, -0.1) is 0 Å². The average Bonchev–Trinajstić information content (AvgIpc) is 2.61. The molecule has 0 atom stereocenters. The van der Waals surface area contributed by atoms with Gasteiger partial charge in [-0.3, -0.25) is 4.79 Å². The number of carbonyl (C=O) groups excluding carboxylic acids is 1. The maximum atomic E-state index is 11.7. The zero-order chi connectivity index (χ0) is 17.2. The molecule has 6 heteroatoms. The first kappa shape index (κ1) is 17.6. The summed E-state index contributed by atoms with van der Waals surface area (Å²) in [5.41, 5.74) is 4.16. The number of hydrogen-bond acceptors (Lipinski definition) is 4. The fraction of sp³-hybridized carbons (Fsp3) is 0.111. The molecule has 1 amide bonds. The van der Waals surface area contributed by atoms with Crippen molar-refractivity contribution in [2.24, 2.45) is 5.10 Å². The molecule has 0 aliphatic carbocycles. The van der Waals surface area contributed by atoms with Crippen LogP contribution < -0.4 is 15.5 Å². The third-order valence-electron chi connectivity index (χ3n) is 3.00. The van der Waals surface area contributed by atoms with Crippen LogP contribution in [0.1, 0.15) is 5.56 Å². The number of nitrogens with one attached hydrogen (secondary N) is 2. The third kappa shape index (κ3) is 6.14. The van der Waals surface area contributed by atoms with Gasteiger partial charge in [0.1, 0.15) is 5.75 Å². The highest BCUT2D eigenvalue weighted by Gasteiger charge is 2.00. The van der Waals surface area contributed by atoms with E-state index in [2.05, 4.69) is 15.8 Å². The molecule has 2 aromatic rings. The van der Waals surface area contributed by atoms with E-state index < -0.39 is 0 Å². The van der Waals surface area contributed by atoms with E-state index in [1.165, 1.54) is 6.21 Å². The van der Waals surface area contributed by atoms with E-state index in [-0.39, 0.29) is 12.5 Å². The minimum absolute atomic E-state index is 0.0878. The SMILES string of the molecule is COc1cccc(NCC(=O)N/N=C\C(Cl)=C\c2ccccc2)c1. The van der Waals surface area contributed by atoms with Crippen LogP contribution >= 0.6 is 11.6 Å². The van der Waals surface area contributed by atoms with Crippen LogP contribution in [0.5, 0.6) is 5.75 Å². The number of rotatable bonds is 7. The molecule has 0 unspecified atom stereocenters. The van der Waals surface area contributed by atoms with E-state index >= 15 is 0 Å². The zero-order valence-electron chi connectivity index (χ0n) is 13.2. The molecule has 124 valence electrons. The second-order valence-electron chi connectivity index (χ2n) is 4.82. The topological polar surface area (TPSA) is 62.7 Å². The number of halogens is 1. The predicted octanol–water partition coefficient (Wildman–Crippen LogP) is 3.49. The smallest absolute Gasteiger partial charge is 0.259 e. The number of carbonyl (C=O) groups is 1. The van der Waals surface area contributed by atoms with Crippen molar-refractivity contribution < 1.29 is 9.53 Å². The van der Waals surface area contributed by atoms with Gasteiger partial charge in [0.05, 0.1) is 24.9 Å². The Labute approximate surface area is 146 Å². The molecule has 2 aromatic carbocycles. The third-order valence-corrected chi connectivity index (χ3v) is 3.21. The van der Waals surface area contributed by atoms with Gasteiger partial charge in [0, 0.05) is 11.8 Å². The second kappa shape index (κ2) is 9.37. The Morgan fingerprint density at radius 3 is 2.75 bits per heavy atom. The number of hydrazone groups is 1. The summed E-state index contributed by atoms with van der Waals surface area (Å²) in [6.45, 7) is 0.0878. The summed E-state index contributed by atoms with van der Waals surface area (Å²) in [4.78, 5) is 11.7. The van der Waals surface area contributed by atoms with Crippen molar-refractivity contribution in [1.82, 2.24) is 5.43 Å². The molecule has 2 N–H and O–H groups in total. The van der Waals surface area contributed by atoms with Gasteiger partial charge in [-0.25, -0.2) is 5.43 Å². The molecule has 24 heavy (non-hydrogen) atoms. The number of anilines is 1. The molecule has 0 aromatic heterocycles. The normalized spacial score (nSPS) is 11.3. The highest BCUT2D eigenvalue weighted by molar-refractivity contribution is 6.41. The Balaban J connectivity index is 1.79.